The fraction of sp³-hybridized carbons (Fsp3) is 0.263. The van der Waals surface area contributed by atoms with Crippen molar-refractivity contribution in [2.75, 3.05) is 18.0 Å². The molecular weight excluding hydrogens is 312 g/mol. The molecule has 6 nitrogen and oxygen atoms in total. The molecule has 4 heterocycles. The Bertz CT molecular complexity index is 1030. The van der Waals surface area contributed by atoms with E-state index < -0.39 is 0 Å². The molecule has 1 saturated heterocycles. The van der Waals surface area contributed by atoms with Crippen molar-refractivity contribution in [3.05, 3.63) is 60.8 Å². The van der Waals surface area contributed by atoms with Crippen LogP contribution in [0.1, 0.15) is 24.6 Å². The molecule has 6 heteroatoms. The lowest BCUT2D eigenvalue weighted by Gasteiger charge is -2.32. The van der Waals surface area contributed by atoms with E-state index in [1.807, 2.05) is 36.4 Å². The number of hydrogen-bond donors (Lipinski definition) is 0. The summed E-state index contributed by atoms with van der Waals surface area (Å²) in [4.78, 5) is 11.3. The van der Waals surface area contributed by atoms with Gasteiger partial charge in [-0.05, 0) is 37.1 Å². The summed E-state index contributed by atoms with van der Waals surface area (Å²) in [5.41, 5.74) is 1.92. The van der Waals surface area contributed by atoms with Crippen LogP contribution in [0, 0.1) is 0 Å². The monoisotopic (exact) mass is 330 g/mol. The molecule has 25 heavy (non-hydrogen) atoms. The zero-order valence-electron chi connectivity index (χ0n) is 13.8. The molecule has 3 aromatic heterocycles. The Morgan fingerprint density at radius 3 is 2.64 bits per heavy atom. The topological polar surface area (TPSA) is 59.2 Å². The summed E-state index contributed by atoms with van der Waals surface area (Å²) in [6.45, 7) is 1.93. The van der Waals surface area contributed by atoms with Crippen molar-refractivity contribution in [1.29, 1.82) is 0 Å². The maximum absolute atomic E-state index is 4.55. The van der Waals surface area contributed by atoms with Crippen molar-refractivity contribution in [2.24, 2.45) is 0 Å². The van der Waals surface area contributed by atoms with E-state index in [2.05, 4.69) is 41.7 Å². The van der Waals surface area contributed by atoms with Crippen molar-refractivity contribution < 1.29 is 0 Å². The predicted octanol–water partition coefficient (Wildman–Crippen LogP) is 3.06. The fourth-order valence-corrected chi connectivity index (χ4v) is 3.73. The molecule has 124 valence electrons. The average molecular weight is 330 g/mol. The summed E-state index contributed by atoms with van der Waals surface area (Å²) in [5, 5.41) is 9.85. The standard InChI is InChI=1S/C19H18N6/c1-2-6-16-15(5-1)19(21-13-20-16)24-11-8-14(9-12-24)18-23-22-17-7-3-4-10-25(17)18/h1-7,10,13-14H,8-9,11-12H2. The smallest absolute Gasteiger partial charge is 0.160 e. The van der Waals surface area contributed by atoms with Crippen molar-refractivity contribution in [3.8, 4) is 0 Å². The third kappa shape index (κ3) is 2.41. The molecule has 4 aromatic rings. The van der Waals surface area contributed by atoms with E-state index in [4.69, 9.17) is 0 Å². The second-order valence-electron chi connectivity index (χ2n) is 6.46. The lowest BCUT2D eigenvalue weighted by Crippen LogP contribution is -2.34. The number of para-hydroxylation sites is 1. The normalized spacial score (nSPS) is 15.9. The highest BCUT2D eigenvalue weighted by Gasteiger charge is 2.25. The Morgan fingerprint density at radius 2 is 1.72 bits per heavy atom. The van der Waals surface area contributed by atoms with Gasteiger partial charge in [0.05, 0.1) is 5.52 Å². The van der Waals surface area contributed by atoms with E-state index in [0.29, 0.717) is 5.92 Å². The van der Waals surface area contributed by atoms with Crippen molar-refractivity contribution in [1.82, 2.24) is 24.6 Å². The highest BCUT2D eigenvalue weighted by Crippen LogP contribution is 2.31. The van der Waals surface area contributed by atoms with Gasteiger partial charge in [0.2, 0.25) is 0 Å². The third-order valence-electron chi connectivity index (χ3n) is 5.02. The molecule has 1 aliphatic heterocycles. The molecule has 0 unspecified atom stereocenters. The van der Waals surface area contributed by atoms with Gasteiger partial charge in [-0.2, -0.15) is 0 Å². The molecule has 1 fully saturated rings. The van der Waals surface area contributed by atoms with Crippen LogP contribution in [0.2, 0.25) is 0 Å². The number of piperidine rings is 1. The summed E-state index contributed by atoms with van der Waals surface area (Å²) in [6, 6.07) is 14.2. The van der Waals surface area contributed by atoms with Crippen LogP contribution >= 0.6 is 0 Å². The van der Waals surface area contributed by atoms with Crippen LogP contribution in [0.3, 0.4) is 0 Å². The Hall–Kier alpha value is -3.02. The number of benzene rings is 1. The van der Waals surface area contributed by atoms with E-state index in [-0.39, 0.29) is 0 Å². The minimum Gasteiger partial charge on any atom is -0.356 e. The number of nitrogens with zero attached hydrogens (tertiary/aromatic N) is 6. The Labute approximate surface area is 145 Å². The first-order valence-corrected chi connectivity index (χ1v) is 8.64. The minimum absolute atomic E-state index is 0.432. The second kappa shape index (κ2) is 5.81. The number of aromatic nitrogens is 5. The highest BCUT2D eigenvalue weighted by atomic mass is 15.3. The van der Waals surface area contributed by atoms with Gasteiger partial charge in [0.25, 0.3) is 0 Å². The fourth-order valence-electron chi connectivity index (χ4n) is 3.73. The maximum atomic E-state index is 4.55. The van der Waals surface area contributed by atoms with Crippen molar-refractivity contribution in [3.63, 3.8) is 0 Å². The van der Waals surface area contributed by atoms with Crippen LogP contribution in [0.25, 0.3) is 16.6 Å². The first-order valence-electron chi connectivity index (χ1n) is 8.64. The number of rotatable bonds is 2. The molecule has 0 bridgehead atoms. The molecule has 0 radical (unpaired) electrons. The summed E-state index contributed by atoms with van der Waals surface area (Å²) < 4.78 is 2.11. The molecule has 0 aliphatic carbocycles. The van der Waals surface area contributed by atoms with Gasteiger partial charge >= 0.3 is 0 Å². The number of fused-ring (bicyclic) bond motifs is 2. The first kappa shape index (κ1) is 14.3. The molecule has 0 amide bonds. The zero-order chi connectivity index (χ0) is 16.6. The predicted molar refractivity (Wildman–Crippen MR) is 96.7 cm³/mol. The summed E-state index contributed by atoms with van der Waals surface area (Å²) >= 11 is 0. The van der Waals surface area contributed by atoms with Crippen LogP contribution in [0.15, 0.2) is 55.0 Å². The molecule has 5 rings (SSSR count). The van der Waals surface area contributed by atoms with E-state index in [1.165, 1.54) is 0 Å². The number of anilines is 1. The van der Waals surface area contributed by atoms with E-state index >= 15 is 0 Å². The first-order chi connectivity index (χ1) is 12.4. The molecular formula is C19H18N6. The number of hydrogen-bond acceptors (Lipinski definition) is 5. The minimum atomic E-state index is 0.432. The SMILES string of the molecule is c1ccc2c(N3CCC(c4nnc5ccccn45)CC3)ncnc2c1. The summed E-state index contributed by atoms with van der Waals surface area (Å²) in [6.07, 6.45) is 5.81. The average Bonchev–Trinajstić information content (AvgIpc) is 3.12. The maximum Gasteiger partial charge on any atom is 0.160 e. The van der Waals surface area contributed by atoms with Crippen LogP contribution in [0.4, 0.5) is 5.82 Å². The van der Waals surface area contributed by atoms with Crippen LogP contribution in [-0.2, 0) is 0 Å². The molecule has 0 spiro atoms. The van der Waals surface area contributed by atoms with E-state index in [1.54, 1.807) is 6.33 Å². The Morgan fingerprint density at radius 1 is 0.880 bits per heavy atom. The van der Waals surface area contributed by atoms with E-state index in [9.17, 15) is 0 Å². The molecule has 0 saturated carbocycles. The molecule has 1 aromatic carbocycles. The largest absolute Gasteiger partial charge is 0.356 e. The lowest BCUT2D eigenvalue weighted by atomic mass is 9.95. The Kier molecular flexibility index (Phi) is 3.33. The Balaban J connectivity index is 1.41. The quantitative estimate of drug-likeness (QED) is 0.565. The van der Waals surface area contributed by atoms with Gasteiger partial charge < -0.3 is 4.90 Å². The second-order valence-corrected chi connectivity index (χ2v) is 6.46. The molecule has 0 atom stereocenters. The molecule has 1 aliphatic rings. The van der Waals surface area contributed by atoms with Gasteiger partial charge in [-0.1, -0.05) is 18.2 Å². The summed E-state index contributed by atoms with van der Waals surface area (Å²) in [7, 11) is 0. The van der Waals surface area contributed by atoms with Gasteiger partial charge in [-0.25, -0.2) is 9.97 Å². The van der Waals surface area contributed by atoms with Crippen LogP contribution in [0.5, 0.6) is 0 Å². The van der Waals surface area contributed by atoms with Gasteiger partial charge in [0.15, 0.2) is 5.65 Å². The van der Waals surface area contributed by atoms with Crippen molar-refractivity contribution in [2.45, 2.75) is 18.8 Å². The van der Waals surface area contributed by atoms with Gasteiger partial charge in [0, 0.05) is 30.6 Å². The van der Waals surface area contributed by atoms with Crippen LogP contribution in [-0.4, -0.2) is 37.7 Å². The lowest BCUT2D eigenvalue weighted by molar-refractivity contribution is 0.481. The van der Waals surface area contributed by atoms with Crippen LogP contribution < -0.4 is 4.90 Å². The number of pyridine rings is 1. The zero-order valence-corrected chi connectivity index (χ0v) is 13.8. The van der Waals surface area contributed by atoms with Gasteiger partial charge in [-0.3, -0.25) is 4.40 Å². The van der Waals surface area contributed by atoms with Gasteiger partial charge in [0.1, 0.15) is 18.0 Å². The van der Waals surface area contributed by atoms with Gasteiger partial charge in [-0.15, -0.1) is 10.2 Å². The highest BCUT2D eigenvalue weighted by molar-refractivity contribution is 5.89. The third-order valence-corrected chi connectivity index (χ3v) is 5.02. The van der Waals surface area contributed by atoms with E-state index in [0.717, 1.165) is 54.1 Å². The molecule has 0 N–H and O–H groups in total. The van der Waals surface area contributed by atoms with Crippen molar-refractivity contribution >= 4 is 22.4 Å². The summed E-state index contributed by atoms with van der Waals surface area (Å²) in [5.74, 6) is 2.54.